The van der Waals surface area contributed by atoms with Crippen molar-refractivity contribution in [3.05, 3.63) is 23.8 Å². The van der Waals surface area contributed by atoms with Crippen LogP contribution >= 0.6 is 0 Å². The Morgan fingerprint density at radius 2 is 1.86 bits per heavy atom. The molecule has 2 saturated heterocycles. The molecule has 160 valence electrons. The number of ketones is 1. The van der Waals surface area contributed by atoms with E-state index in [1.54, 1.807) is 18.2 Å². The molecule has 0 aliphatic carbocycles. The number of amides is 1. The van der Waals surface area contributed by atoms with E-state index in [0.717, 1.165) is 32.0 Å². The van der Waals surface area contributed by atoms with Gasteiger partial charge in [-0.15, -0.1) is 0 Å². The van der Waals surface area contributed by atoms with Crippen LogP contribution in [0.2, 0.25) is 0 Å². The number of hydrogen-bond donors (Lipinski definition) is 0. The largest absolute Gasteiger partial charge is 0.493 e. The van der Waals surface area contributed by atoms with Gasteiger partial charge in [0.2, 0.25) is 0 Å². The second kappa shape index (κ2) is 10.1. The maximum atomic E-state index is 12.7. The maximum absolute atomic E-state index is 12.7. The number of nitrogens with zero attached hydrogens (tertiary/aromatic N) is 2. The number of Topliss-reactive ketones (excluding diaryl/α,β-unsaturated/α-hetero) is 1. The standard InChI is InChI=1S/C23H34N2O4/c1-17-8-11-24(12-9-17)14-19-5-4-10-25(15-19)23(27)16-29-21-7-6-20(18(2)26)13-22(21)28-3/h6-7,13,17,19H,4-5,8-12,14-16H2,1-3H3. The number of carbonyl (C=O) groups is 2. The minimum atomic E-state index is -0.0338. The van der Waals surface area contributed by atoms with E-state index in [9.17, 15) is 9.59 Å². The average Bonchev–Trinajstić information content (AvgIpc) is 2.73. The first-order valence-corrected chi connectivity index (χ1v) is 10.8. The minimum Gasteiger partial charge on any atom is -0.493 e. The van der Waals surface area contributed by atoms with E-state index < -0.39 is 0 Å². The third-order valence-corrected chi connectivity index (χ3v) is 6.19. The quantitative estimate of drug-likeness (QED) is 0.656. The van der Waals surface area contributed by atoms with Gasteiger partial charge in [0.15, 0.2) is 23.9 Å². The molecule has 2 heterocycles. The lowest BCUT2D eigenvalue weighted by Gasteiger charge is -2.37. The number of methoxy groups -OCH3 is 1. The van der Waals surface area contributed by atoms with Crippen LogP contribution < -0.4 is 9.47 Å². The third kappa shape index (κ3) is 5.95. The van der Waals surface area contributed by atoms with Crippen LogP contribution in [-0.4, -0.2) is 67.9 Å². The van der Waals surface area contributed by atoms with Crippen LogP contribution in [0.25, 0.3) is 0 Å². The Balaban J connectivity index is 1.50. The van der Waals surface area contributed by atoms with E-state index in [-0.39, 0.29) is 18.3 Å². The zero-order valence-electron chi connectivity index (χ0n) is 18.0. The number of likely N-dealkylation sites (tertiary alicyclic amines) is 2. The van der Waals surface area contributed by atoms with Gasteiger partial charge in [-0.05, 0) is 75.7 Å². The van der Waals surface area contributed by atoms with Gasteiger partial charge >= 0.3 is 0 Å². The highest BCUT2D eigenvalue weighted by Gasteiger charge is 2.27. The summed E-state index contributed by atoms with van der Waals surface area (Å²) in [6, 6.07) is 5.04. The zero-order chi connectivity index (χ0) is 20.8. The van der Waals surface area contributed by atoms with Crippen LogP contribution in [0.3, 0.4) is 0 Å². The van der Waals surface area contributed by atoms with Crippen LogP contribution in [0, 0.1) is 11.8 Å². The first-order valence-electron chi connectivity index (χ1n) is 10.8. The van der Waals surface area contributed by atoms with Crippen molar-refractivity contribution in [3.8, 4) is 11.5 Å². The first-order chi connectivity index (χ1) is 14.0. The summed E-state index contributed by atoms with van der Waals surface area (Å²) in [6.07, 6.45) is 4.81. The fraction of sp³-hybridized carbons (Fsp3) is 0.652. The Bertz CT molecular complexity index is 713. The van der Waals surface area contributed by atoms with E-state index in [1.165, 1.54) is 46.4 Å². The molecule has 3 rings (SSSR count). The molecule has 6 nitrogen and oxygen atoms in total. The fourth-order valence-electron chi connectivity index (χ4n) is 4.29. The van der Waals surface area contributed by atoms with Crippen LogP contribution in [0.5, 0.6) is 11.5 Å². The molecule has 0 radical (unpaired) electrons. The van der Waals surface area contributed by atoms with Gasteiger partial charge in [0.25, 0.3) is 5.91 Å². The van der Waals surface area contributed by atoms with Gasteiger partial charge in [0.05, 0.1) is 7.11 Å². The van der Waals surface area contributed by atoms with Crippen molar-refractivity contribution in [2.24, 2.45) is 11.8 Å². The summed E-state index contributed by atoms with van der Waals surface area (Å²) in [7, 11) is 1.53. The average molecular weight is 403 g/mol. The zero-order valence-corrected chi connectivity index (χ0v) is 18.0. The van der Waals surface area contributed by atoms with Crippen LogP contribution in [-0.2, 0) is 4.79 Å². The number of piperidine rings is 2. The first kappa shape index (κ1) is 21.6. The second-order valence-electron chi connectivity index (χ2n) is 8.54. The molecule has 6 heteroatoms. The summed E-state index contributed by atoms with van der Waals surface area (Å²) in [5, 5.41) is 0. The smallest absolute Gasteiger partial charge is 0.260 e. The van der Waals surface area contributed by atoms with Gasteiger partial charge in [-0.2, -0.15) is 0 Å². The second-order valence-corrected chi connectivity index (χ2v) is 8.54. The molecule has 0 bridgehead atoms. The number of hydrogen-bond acceptors (Lipinski definition) is 5. The topological polar surface area (TPSA) is 59.1 Å². The molecule has 1 unspecified atom stereocenters. The summed E-state index contributed by atoms with van der Waals surface area (Å²) in [6.45, 7) is 8.92. The van der Waals surface area contributed by atoms with Crippen LogP contribution in [0.1, 0.15) is 49.9 Å². The fourth-order valence-corrected chi connectivity index (χ4v) is 4.29. The monoisotopic (exact) mass is 402 g/mol. The maximum Gasteiger partial charge on any atom is 0.260 e. The number of carbonyl (C=O) groups excluding carboxylic acids is 2. The van der Waals surface area contributed by atoms with Gasteiger partial charge < -0.3 is 19.3 Å². The minimum absolute atomic E-state index is 0.0102. The van der Waals surface area contributed by atoms with E-state index in [0.29, 0.717) is 23.0 Å². The molecule has 1 aromatic rings. The molecule has 2 fully saturated rings. The van der Waals surface area contributed by atoms with Gasteiger partial charge in [0.1, 0.15) is 0 Å². The molecule has 2 aliphatic heterocycles. The third-order valence-electron chi connectivity index (χ3n) is 6.19. The highest BCUT2D eigenvalue weighted by atomic mass is 16.5. The predicted molar refractivity (Wildman–Crippen MR) is 113 cm³/mol. The van der Waals surface area contributed by atoms with E-state index in [2.05, 4.69) is 11.8 Å². The van der Waals surface area contributed by atoms with E-state index >= 15 is 0 Å². The molecule has 0 saturated carbocycles. The summed E-state index contributed by atoms with van der Waals surface area (Å²) >= 11 is 0. The molecule has 2 aliphatic rings. The molecular formula is C23H34N2O4. The van der Waals surface area contributed by atoms with Gasteiger partial charge in [-0.3, -0.25) is 9.59 Å². The molecule has 0 aromatic heterocycles. The lowest BCUT2D eigenvalue weighted by molar-refractivity contribution is -0.135. The molecular weight excluding hydrogens is 368 g/mol. The Morgan fingerprint density at radius 3 is 2.55 bits per heavy atom. The highest BCUT2D eigenvalue weighted by Crippen LogP contribution is 2.28. The van der Waals surface area contributed by atoms with Crippen molar-refractivity contribution >= 4 is 11.7 Å². The summed E-state index contributed by atoms with van der Waals surface area (Å²) < 4.78 is 11.1. The van der Waals surface area contributed by atoms with Crippen molar-refractivity contribution < 1.29 is 19.1 Å². The predicted octanol–water partition coefficient (Wildman–Crippen LogP) is 3.25. The molecule has 1 amide bonds. The highest BCUT2D eigenvalue weighted by molar-refractivity contribution is 5.94. The van der Waals surface area contributed by atoms with E-state index in [4.69, 9.17) is 9.47 Å². The summed E-state index contributed by atoms with van der Waals surface area (Å²) in [4.78, 5) is 28.8. The Kier molecular flexibility index (Phi) is 7.53. The normalized spacial score (nSPS) is 21.1. The van der Waals surface area contributed by atoms with Crippen molar-refractivity contribution in [3.63, 3.8) is 0 Å². The lowest BCUT2D eigenvalue weighted by atomic mass is 9.94. The van der Waals surface area contributed by atoms with Crippen LogP contribution in [0.4, 0.5) is 0 Å². The van der Waals surface area contributed by atoms with Crippen molar-refractivity contribution in [1.82, 2.24) is 9.80 Å². The SMILES string of the molecule is COc1cc(C(C)=O)ccc1OCC(=O)N1CCCC(CN2CCC(C)CC2)C1. The molecule has 1 aromatic carbocycles. The summed E-state index contributed by atoms with van der Waals surface area (Å²) in [5.41, 5.74) is 0.562. The molecule has 29 heavy (non-hydrogen) atoms. The number of benzene rings is 1. The molecule has 0 N–H and O–H groups in total. The van der Waals surface area contributed by atoms with Gasteiger partial charge in [-0.25, -0.2) is 0 Å². The lowest BCUT2D eigenvalue weighted by Crippen LogP contribution is -2.46. The Labute approximate surface area is 174 Å². The van der Waals surface area contributed by atoms with Crippen LogP contribution in [0.15, 0.2) is 18.2 Å². The van der Waals surface area contributed by atoms with Crippen molar-refractivity contribution in [1.29, 1.82) is 0 Å². The van der Waals surface area contributed by atoms with Crippen molar-refractivity contribution in [2.75, 3.05) is 46.4 Å². The number of ether oxygens (including phenoxy) is 2. The summed E-state index contributed by atoms with van der Waals surface area (Å²) in [5.74, 6) is 2.33. The van der Waals surface area contributed by atoms with Crippen molar-refractivity contribution in [2.45, 2.75) is 39.5 Å². The molecule has 1 atom stereocenters. The Morgan fingerprint density at radius 1 is 1.10 bits per heavy atom. The Hall–Kier alpha value is -2.08. The van der Waals surface area contributed by atoms with Gasteiger partial charge in [-0.1, -0.05) is 6.92 Å². The molecule has 0 spiro atoms. The van der Waals surface area contributed by atoms with Gasteiger partial charge in [0, 0.05) is 25.2 Å². The number of rotatable bonds is 7. The van der Waals surface area contributed by atoms with E-state index in [1.807, 2.05) is 4.90 Å².